The van der Waals surface area contributed by atoms with E-state index in [1.807, 2.05) is 6.07 Å². The van der Waals surface area contributed by atoms with Crippen molar-refractivity contribution in [2.75, 3.05) is 13.1 Å². The average molecular weight is 283 g/mol. The van der Waals surface area contributed by atoms with Gasteiger partial charge >= 0.3 is 0 Å². The van der Waals surface area contributed by atoms with Gasteiger partial charge in [0, 0.05) is 23.7 Å². The Kier molecular flexibility index (Phi) is 4.06. The number of nitrogens with one attached hydrogen (secondary N) is 1. The zero-order chi connectivity index (χ0) is 13.2. The van der Waals surface area contributed by atoms with Crippen LogP contribution in [0.5, 0.6) is 0 Å². The highest BCUT2D eigenvalue weighted by molar-refractivity contribution is 6.31. The quantitative estimate of drug-likeness (QED) is 0.916. The number of nitrogens with zero attached hydrogens (tertiary/aromatic N) is 1. The molecular weight excluding hydrogens is 263 g/mol. The molecule has 104 valence electrons. The molecule has 0 amide bonds. The minimum Gasteiger partial charge on any atom is -0.312 e. The molecule has 2 aliphatic rings. The van der Waals surface area contributed by atoms with Gasteiger partial charge in [0.25, 0.3) is 0 Å². The SMILES string of the molecule is Fc1ccc(CN2CCCC2C2CCCN2)c(Cl)c1. The molecule has 0 aliphatic carbocycles. The van der Waals surface area contributed by atoms with Crippen molar-refractivity contribution in [3.05, 3.63) is 34.6 Å². The predicted molar refractivity (Wildman–Crippen MR) is 75.9 cm³/mol. The smallest absolute Gasteiger partial charge is 0.124 e. The normalized spacial score (nSPS) is 28.1. The first-order valence-electron chi connectivity index (χ1n) is 7.15. The molecule has 1 aromatic carbocycles. The van der Waals surface area contributed by atoms with E-state index in [0.29, 0.717) is 17.1 Å². The van der Waals surface area contributed by atoms with E-state index in [1.54, 1.807) is 0 Å². The average Bonchev–Trinajstić information content (AvgIpc) is 3.03. The third-order valence-corrected chi connectivity index (χ3v) is 4.72. The van der Waals surface area contributed by atoms with Crippen LogP contribution in [0, 0.1) is 5.82 Å². The van der Waals surface area contributed by atoms with Gasteiger partial charge in [-0.3, -0.25) is 4.90 Å². The zero-order valence-corrected chi connectivity index (χ0v) is 11.8. The van der Waals surface area contributed by atoms with Crippen LogP contribution in [0.15, 0.2) is 18.2 Å². The lowest BCUT2D eigenvalue weighted by Crippen LogP contribution is -2.43. The Hall–Kier alpha value is -0.640. The molecule has 0 bridgehead atoms. The number of halogens is 2. The molecule has 0 spiro atoms. The summed E-state index contributed by atoms with van der Waals surface area (Å²) in [6.45, 7) is 3.10. The van der Waals surface area contributed by atoms with Gasteiger partial charge in [0.05, 0.1) is 0 Å². The van der Waals surface area contributed by atoms with Crippen LogP contribution in [0.2, 0.25) is 5.02 Å². The second-order valence-corrected chi connectivity index (χ2v) is 6.03. The van der Waals surface area contributed by atoms with E-state index in [4.69, 9.17) is 11.6 Å². The van der Waals surface area contributed by atoms with Crippen molar-refractivity contribution in [1.82, 2.24) is 10.2 Å². The fourth-order valence-electron chi connectivity index (χ4n) is 3.41. The summed E-state index contributed by atoms with van der Waals surface area (Å²) in [5, 5.41) is 4.15. The summed E-state index contributed by atoms with van der Waals surface area (Å²) in [6, 6.07) is 5.97. The summed E-state index contributed by atoms with van der Waals surface area (Å²) in [5.74, 6) is -0.260. The van der Waals surface area contributed by atoms with Crippen molar-refractivity contribution < 1.29 is 4.39 Å². The van der Waals surface area contributed by atoms with E-state index in [1.165, 1.54) is 37.8 Å². The van der Waals surface area contributed by atoms with Crippen LogP contribution < -0.4 is 5.32 Å². The first-order chi connectivity index (χ1) is 9.24. The number of benzene rings is 1. The molecule has 2 aliphatic heterocycles. The fraction of sp³-hybridized carbons (Fsp3) is 0.600. The molecule has 2 unspecified atom stereocenters. The van der Waals surface area contributed by atoms with E-state index in [2.05, 4.69) is 10.2 Å². The number of hydrogen-bond acceptors (Lipinski definition) is 2. The highest BCUT2D eigenvalue weighted by Gasteiger charge is 2.33. The van der Waals surface area contributed by atoms with Gasteiger partial charge in [-0.2, -0.15) is 0 Å². The van der Waals surface area contributed by atoms with Gasteiger partial charge in [-0.25, -0.2) is 4.39 Å². The van der Waals surface area contributed by atoms with Crippen molar-refractivity contribution in [2.45, 2.75) is 44.3 Å². The van der Waals surface area contributed by atoms with Crippen LogP contribution in [-0.2, 0) is 6.54 Å². The molecular formula is C15H20ClFN2. The van der Waals surface area contributed by atoms with Gasteiger partial charge in [-0.1, -0.05) is 17.7 Å². The molecule has 2 saturated heterocycles. The lowest BCUT2D eigenvalue weighted by molar-refractivity contribution is 0.206. The Morgan fingerprint density at radius 2 is 2.21 bits per heavy atom. The molecule has 0 radical (unpaired) electrons. The minimum absolute atomic E-state index is 0.260. The molecule has 2 atom stereocenters. The van der Waals surface area contributed by atoms with Crippen molar-refractivity contribution in [3.63, 3.8) is 0 Å². The molecule has 2 heterocycles. The van der Waals surface area contributed by atoms with E-state index in [0.717, 1.165) is 25.2 Å². The van der Waals surface area contributed by atoms with Crippen LogP contribution in [0.4, 0.5) is 4.39 Å². The van der Waals surface area contributed by atoms with Gasteiger partial charge in [-0.15, -0.1) is 0 Å². The van der Waals surface area contributed by atoms with Gasteiger partial charge in [0.15, 0.2) is 0 Å². The Bertz CT molecular complexity index is 446. The largest absolute Gasteiger partial charge is 0.312 e. The van der Waals surface area contributed by atoms with Crippen LogP contribution >= 0.6 is 11.6 Å². The van der Waals surface area contributed by atoms with Gasteiger partial charge in [-0.05, 0) is 56.5 Å². The molecule has 19 heavy (non-hydrogen) atoms. The maximum atomic E-state index is 13.1. The summed E-state index contributed by atoms with van der Waals surface area (Å²) >= 11 is 6.13. The summed E-state index contributed by atoms with van der Waals surface area (Å²) in [5.41, 5.74) is 1.04. The minimum atomic E-state index is -0.260. The zero-order valence-electron chi connectivity index (χ0n) is 11.0. The molecule has 2 nitrogen and oxygen atoms in total. The van der Waals surface area contributed by atoms with Crippen molar-refractivity contribution in [2.24, 2.45) is 0 Å². The first-order valence-corrected chi connectivity index (χ1v) is 7.53. The van der Waals surface area contributed by atoms with E-state index in [-0.39, 0.29) is 5.82 Å². The first kappa shape index (κ1) is 13.3. The van der Waals surface area contributed by atoms with E-state index < -0.39 is 0 Å². The van der Waals surface area contributed by atoms with Crippen LogP contribution in [0.25, 0.3) is 0 Å². The number of hydrogen-bond donors (Lipinski definition) is 1. The second-order valence-electron chi connectivity index (χ2n) is 5.62. The van der Waals surface area contributed by atoms with Crippen molar-refractivity contribution in [3.8, 4) is 0 Å². The maximum Gasteiger partial charge on any atom is 0.124 e. The Morgan fingerprint density at radius 3 is 2.95 bits per heavy atom. The summed E-state index contributed by atoms with van der Waals surface area (Å²) < 4.78 is 13.1. The Morgan fingerprint density at radius 1 is 1.32 bits per heavy atom. The van der Waals surface area contributed by atoms with Crippen LogP contribution in [0.1, 0.15) is 31.2 Å². The lowest BCUT2D eigenvalue weighted by atomic mass is 10.0. The summed E-state index contributed by atoms with van der Waals surface area (Å²) in [7, 11) is 0. The standard InChI is InChI=1S/C15H20ClFN2/c16-13-9-12(17)6-5-11(13)10-19-8-2-4-15(19)14-3-1-7-18-14/h5-6,9,14-15,18H,1-4,7-8,10H2. The van der Waals surface area contributed by atoms with Crippen molar-refractivity contribution in [1.29, 1.82) is 0 Å². The van der Waals surface area contributed by atoms with Gasteiger partial charge in [0.1, 0.15) is 5.82 Å². The Labute approximate surface area is 118 Å². The number of rotatable bonds is 3. The van der Waals surface area contributed by atoms with Crippen molar-refractivity contribution >= 4 is 11.6 Å². The lowest BCUT2D eigenvalue weighted by Gasteiger charge is -2.29. The second kappa shape index (κ2) is 5.78. The Balaban J connectivity index is 1.70. The molecule has 0 aromatic heterocycles. The molecule has 0 saturated carbocycles. The molecule has 3 rings (SSSR count). The van der Waals surface area contributed by atoms with E-state index in [9.17, 15) is 4.39 Å². The topological polar surface area (TPSA) is 15.3 Å². The molecule has 4 heteroatoms. The van der Waals surface area contributed by atoms with Crippen LogP contribution in [-0.4, -0.2) is 30.1 Å². The fourth-order valence-corrected chi connectivity index (χ4v) is 3.64. The summed E-state index contributed by atoms with van der Waals surface area (Å²) in [6.07, 6.45) is 5.07. The third kappa shape index (κ3) is 2.93. The molecule has 1 N–H and O–H groups in total. The predicted octanol–water partition coefficient (Wildman–Crippen LogP) is 3.20. The van der Waals surface area contributed by atoms with E-state index >= 15 is 0 Å². The molecule has 1 aromatic rings. The molecule has 2 fully saturated rings. The van der Waals surface area contributed by atoms with Gasteiger partial charge in [0.2, 0.25) is 0 Å². The maximum absolute atomic E-state index is 13.1. The van der Waals surface area contributed by atoms with Gasteiger partial charge < -0.3 is 5.32 Å². The third-order valence-electron chi connectivity index (χ3n) is 4.37. The monoisotopic (exact) mass is 282 g/mol. The highest BCUT2D eigenvalue weighted by atomic mass is 35.5. The summed E-state index contributed by atoms with van der Waals surface area (Å²) in [4.78, 5) is 2.50. The highest BCUT2D eigenvalue weighted by Crippen LogP contribution is 2.28. The van der Waals surface area contributed by atoms with Crippen LogP contribution in [0.3, 0.4) is 0 Å². The number of likely N-dealkylation sites (tertiary alicyclic amines) is 1.